The van der Waals surface area contributed by atoms with E-state index in [0.29, 0.717) is 17.3 Å². The molecule has 30 heavy (non-hydrogen) atoms. The van der Waals surface area contributed by atoms with Gasteiger partial charge in [-0.25, -0.2) is 13.6 Å². The molecule has 1 atom stereocenters. The number of amides is 1. The van der Waals surface area contributed by atoms with Crippen LogP contribution in [0.3, 0.4) is 0 Å². The number of anilines is 1. The molecule has 1 unspecified atom stereocenters. The quantitative estimate of drug-likeness (QED) is 0.517. The van der Waals surface area contributed by atoms with Gasteiger partial charge < -0.3 is 5.32 Å². The number of hydrogen-bond acceptors (Lipinski definition) is 4. The van der Waals surface area contributed by atoms with Gasteiger partial charge in [0.25, 0.3) is 0 Å². The second-order valence-electron chi connectivity index (χ2n) is 6.87. The second kappa shape index (κ2) is 9.40. The van der Waals surface area contributed by atoms with Gasteiger partial charge in [0.05, 0.1) is 4.90 Å². The van der Waals surface area contributed by atoms with Gasteiger partial charge in [0.15, 0.2) is 0 Å². The van der Waals surface area contributed by atoms with Crippen molar-refractivity contribution >= 4 is 33.2 Å². The lowest BCUT2D eigenvalue weighted by molar-refractivity contribution is -0.118. The smallest absolute Gasteiger partial charge is 0.246 e. The molecule has 3 aromatic carbocycles. The fourth-order valence-electron chi connectivity index (χ4n) is 2.91. The third-order valence-electron chi connectivity index (χ3n) is 4.60. The van der Waals surface area contributed by atoms with Crippen LogP contribution in [-0.4, -0.2) is 14.3 Å². The van der Waals surface area contributed by atoms with Gasteiger partial charge in [-0.3, -0.25) is 10.1 Å². The van der Waals surface area contributed by atoms with Gasteiger partial charge in [0.2, 0.25) is 15.9 Å². The Balaban J connectivity index is 1.77. The molecule has 156 valence electrons. The zero-order valence-corrected chi connectivity index (χ0v) is 17.9. The lowest BCUT2D eigenvalue weighted by atomic mass is 10.1. The number of hydrogen-bond donors (Lipinski definition) is 3. The highest BCUT2D eigenvalue weighted by atomic mass is 35.5. The van der Waals surface area contributed by atoms with Crippen molar-refractivity contribution in [2.75, 3.05) is 5.32 Å². The van der Waals surface area contributed by atoms with Crippen molar-refractivity contribution in [1.82, 2.24) is 5.32 Å². The van der Waals surface area contributed by atoms with E-state index in [1.807, 2.05) is 43.3 Å². The minimum Gasteiger partial charge on any atom is -0.324 e. The van der Waals surface area contributed by atoms with Crippen molar-refractivity contribution in [3.8, 4) is 0 Å². The van der Waals surface area contributed by atoms with E-state index in [4.69, 9.17) is 16.7 Å². The predicted octanol–water partition coefficient (Wildman–Crippen LogP) is 3.77. The van der Waals surface area contributed by atoms with Crippen LogP contribution in [0, 0.1) is 6.92 Å². The molecule has 8 heteroatoms. The number of rotatable bonds is 7. The number of nitrogens with one attached hydrogen (secondary N) is 2. The average Bonchev–Trinajstić information content (AvgIpc) is 2.71. The number of carbonyl (C=O) groups excluding carboxylic acids is 1. The van der Waals surface area contributed by atoms with Crippen molar-refractivity contribution in [2.24, 2.45) is 5.14 Å². The molecule has 3 rings (SSSR count). The van der Waals surface area contributed by atoms with Gasteiger partial charge in [-0.05, 0) is 47.9 Å². The van der Waals surface area contributed by atoms with E-state index in [2.05, 4.69) is 10.6 Å². The van der Waals surface area contributed by atoms with Crippen LogP contribution in [0.15, 0.2) is 77.7 Å². The molecule has 0 saturated heterocycles. The van der Waals surface area contributed by atoms with Crippen molar-refractivity contribution in [1.29, 1.82) is 0 Å². The summed E-state index contributed by atoms with van der Waals surface area (Å²) in [5.74, 6) is -0.234. The van der Waals surface area contributed by atoms with E-state index in [9.17, 15) is 13.2 Å². The number of carbonyl (C=O) groups is 1. The molecule has 4 N–H and O–H groups in total. The molecule has 0 saturated carbocycles. The van der Waals surface area contributed by atoms with Crippen LogP contribution >= 0.6 is 11.6 Å². The first-order valence-corrected chi connectivity index (χ1v) is 11.1. The Morgan fingerprint density at radius 1 is 1.03 bits per heavy atom. The highest BCUT2D eigenvalue weighted by Gasteiger charge is 2.20. The SMILES string of the molecule is Cc1ccc(NC(=O)C(NCc2ccc(S(N)(=O)=O)cc2)c2ccccc2)cc1Cl. The van der Waals surface area contributed by atoms with Crippen LogP contribution in [0.5, 0.6) is 0 Å². The van der Waals surface area contributed by atoms with Gasteiger partial charge in [-0.1, -0.05) is 60.1 Å². The number of benzene rings is 3. The Kier molecular flexibility index (Phi) is 6.89. The summed E-state index contributed by atoms with van der Waals surface area (Å²) >= 11 is 6.16. The fraction of sp³-hybridized carbons (Fsp3) is 0.136. The maximum atomic E-state index is 13.0. The molecule has 0 radical (unpaired) electrons. The summed E-state index contributed by atoms with van der Waals surface area (Å²) in [4.78, 5) is 13.0. The Hall–Kier alpha value is -2.71. The van der Waals surface area contributed by atoms with Crippen molar-refractivity contribution in [3.05, 3.63) is 94.5 Å². The number of primary sulfonamides is 1. The molecule has 0 aromatic heterocycles. The summed E-state index contributed by atoms with van der Waals surface area (Å²) in [6.45, 7) is 2.25. The predicted molar refractivity (Wildman–Crippen MR) is 119 cm³/mol. The second-order valence-corrected chi connectivity index (χ2v) is 8.84. The number of aryl methyl sites for hydroxylation is 1. The third kappa shape index (κ3) is 5.67. The maximum Gasteiger partial charge on any atom is 0.246 e. The summed E-state index contributed by atoms with van der Waals surface area (Å²) in [6.07, 6.45) is 0. The van der Waals surface area contributed by atoms with E-state index < -0.39 is 16.1 Å². The maximum absolute atomic E-state index is 13.0. The minimum absolute atomic E-state index is 0.0415. The summed E-state index contributed by atoms with van der Waals surface area (Å²) in [5.41, 5.74) is 3.15. The molecule has 0 bridgehead atoms. The third-order valence-corrected chi connectivity index (χ3v) is 5.93. The summed E-state index contributed by atoms with van der Waals surface area (Å²) in [5, 5.41) is 11.8. The Bertz CT molecular complexity index is 1130. The molecule has 6 nitrogen and oxygen atoms in total. The summed E-state index contributed by atoms with van der Waals surface area (Å²) in [7, 11) is -3.74. The highest BCUT2D eigenvalue weighted by Crippen LogP contribution is 2.22. The molecule has 0 fully saturated rings. The molecule has 0 aliphatic rings. The molecule has 0 aliphatic carbocycles. The van der Waals surface area contributed by atoms with Crippen LogP contribution in [-0.2, 0) is 21.4 Å². The lowest BCUT2D eigenvalue weighted by Crippen LogP contribution is -2.32. The molecule has 0 heterocycles. The van der Waals surface area contributed by atoms with Gasteiger partial charge >= 0.3 is 0 Å². The van der Waals surface area contributed by atoms with Crippen molar-refractivity contribution < 1.29 is 13.2 Å². The molecule has 3 aromatic rings. The van der Waals surface area contributed by atoms with Crippen LogP contribution in [0.25, 0.3) is 0 Å². The minimum atomic E-state index is -3.74. The van der Waals surface area contributed by atoms with Gasteiger partial charge in [0.1, 0.15) is 6.04 Å². The average molecular weight is 444 g/mol. The topological polar surface area (TPSA) is 101 Å². The zero-order valence-electron chi connectivity index (χ0n) is 16.3. The van der Waals surface area contributed by atoms with E-state index in [-0.39, 0.29) is 10.8 Å². The number of halogens is 1. The molecular weight excluding hydrogens is 422 g/mol. The van der Waals surface area contributed by atoms with E-state index in [0.717, 1.165) is 16.7 Å². The fourth-order valence-corrected chi connectivity index (χ4v) is 3.61. The van der Waals surface area contributed by atoms with Gasteiger partial charge in [0, 0.05) is 17.3 Å². The van der Waals surface area contributed by atoms with E-state index in [1.54, 1.807) is 24.3 Å². The van der Waals surface area contributed by atoms with Crippen LogP contribution < -0.4 is 15.8 Å². The molecular formula is C22H22ClN3O3S. The Morgan fingerprint density at radius 2 is 1.70 bits per heavy atom. The van der Waals surface area contributed by atoms with E-state index >= 15 is 0 Å². The first-order chi connectivity index (χ1) is 14.2. The summed E-state index contributed by atoms with van der Waals surface area (Å²) in [6, 6.07) is 20.3. The molecule has 0 aliphatic heterocycles. The first-order valence-electron chi connectivity index (χ1n) is 9.21. The highest BCUT2D eigenvalue weighted by molar-refractivity contribution is 7.89. The number of nitrogens with two attached hydrogens (primary N) is 1. The molecule has 0 spiro atoms. The van der Waals surface area contributed by atoms with Crippen LogP contribution in [0.4, 0.5) is 5.69 Å². The monoisotopic (exact) mass is 443 g/mol. The largest absolute Gasteiger partial charge is 0.324 e. The van der Waals surface area contributed by atoms with Gasteiger partial charge in [-0.15, -0.1) is 0 Å². The van der Waals surface area contributed by atoms with Crippen LogP contribution in [0.2, 0.25) is 5.02 Å². The summed E-state index contributed by atoms with van der Waals surface area (Å²) < 4.78 is 22.8. The normalized spacial score (nSPS) is 12.4. The lowest BCUT2D eigenvalue weighted by Gasteiger charge is -2.19. The first kappa shape index (κ1) is 22.0. The van der Waals surface area contributed by atoms with Crippen molar-refractivity contribution in [3.63, 3.8) is 0 Å². The zero-order chi connectivity index (χ0) is 21.7. The standard InChI is InChI=1S/C22H22ClN3O3S/c1-15-7-10-18(13-20(15)23)26-22(27)21(17-5-3-2-4-6-17)25-14-16-8-11-19(12-9-16)30(24,28)29/h2-13,21,25H,14H2,1H3,(H,26,27)(H2,24,28,29). The number of sulfonamides is 1. The Morgan fingerprint density at radius 3 is 2.30 bits per heavy atom. The Labute approximate surface area is 181 Å². The van der Waals surface area contributed by atoms with Gasteiger partial charge in [-0.2, -0.15) is 0 Å². The van der Waals surface area contributed by atoms with E-state index in [1.165, 1.54) is 12.1 Å². The van der Waals surface area contributed by atoms with Crippen LogP contribution in [0.1, 0.15) is 22.7 Å². The van der Waals surface area contributed by atoms with Crippen molar-refractivity contribution in [2.45, 2.75) is 24.4 Å². The molecule has 1 amide bonds.